The fourth-order valence-electron chi connectivity index (χ4n) is 3.06. The van der Waals surface area contributed by atoms with E-state index >= 15 is 0 Å². The Hall–Kier alpha value is -0.730. The maximum absolute atomic E-state index is 10.2. The summed E-state index contributed by atoms with van der Waals surface area (Å²) in [4.78, 5) is 0. The lowest BCUT2D eigenvalue weighted by atomic mass is 9.90. The molecule has 0 radical (unpaired) electrons. The van der Waals surface area contributed by atoms with E-state index in [0.717, 1.165) is 11.3 Å². The molecule has 1 fully saturated rings. The van der Waals surface area contributed by atoms with Crippen LogP contribution in [0.15, 0.2) is 18.2 Å². The van der Waals surface area contributed by atoms with Gasteiger partial charge in [0.2, 0.25) is 0 Å². The van der Waals surface area contributed by atoms with Crippen molar-refractivity contribution in [3.05, 3.63) is 28.8 Å². The minimum absolute atomic E-state index is 0.182. The van der Waals surface area contributed by atoms with Gasteiger partial charge in [0, 0.05) is 17.0 Å². The zero-order valence-electron chi connectivity index (χ0n) is 9.73. The number of aliphatic hydroxyl groups excluding tert-OH is 1. The molecule has 3 rings (SSSR count). The van der Waals surface area contributed by atoms with E-state index in [0.29, 0.717) is 17.4 Å². The summed E-state index contributed by atoms with van der Waals surface area (Å²) in [5.74, 6) is 1.43. The molecule has 1 aromatic rings. The Morgan fingerprint density at radius 3 is 2.76 bits per heavy atom. The summed E-state index contributed by atoms with van der Waals surface area (Å²) in [6.07, 6.45) is 5.53. The zero-order valence-corrected chi connectivity index (χ0v) is 10.5. The monoisotopic (exact) mass is 252 g/mol. The summed E-state index contributed by atoms with van der Waals surface area (Å²) in [7, 11) is 0. The third-order valence-electron chi connectivity index (χ3n) is 3.99. The predicted molar refractivity (Wildman–Crippen MR) is 67.4 cm³/mol. The average molecular weight is 253 g/mol. The summed E-state index contributed by atoms with van der Waals surface area (Å²) in [6.45, 7) is 0. The molecular weight excluding hydrogens is 236 g/mol. The standard InChI is InChI=1S/C14H17ClO2/c15-10-5-6-13-11(7-10)12(16)8-14(17-13)9-3-1-2-4-9/h5-7,9,12,14,16H,1-4,8H2. The first-order chi connectivity index (χ1) is 8.24. The molecule has 1 N–H and O–H groups in total. The van der Waals surface area contributed by atoms with Crippen LogP contribution in [0.2, 0.25) is 5.02 Å². The first-order valence-corrected chi connectivity index (χ1v) is 6.76. The summed E-state index contributed by atoms with van der Waals surface area (Å²) >= 11 is 5.94. The van der Waals surface area contributed by atoms with Crippen molar-refractivity contribution >= 4 is 11.6 Å². The van der Waals surface area contributed by atoms with E-state index in [4.69, 9.17) is 16.3 Å². The number of rotatable bonds is 1. The highest BCUT2D eigenvalue weighted by molar-refractivity contribution is 6.30. The molecule has 17 heavy (non-hydrogen) atoms. The van der Waals surface area contributed by atoms with Crippen molar-refractivity contribution in [2.75, 3.05) is 0 Å². The van der Waals surface area contributed by atoms with E-state index in [2.05, 4.69) is 0 Å². The van der Waals surface area contributed by atoms with Crippen molar-refractivity contribution in [1.82, 2.24) is 0 Å². The number of halogens is 1. The fourth-order valence-corrected chi connectivity index (χ4v) is 3.24. The highest BCUT2D eigenvalue weighted by atomic mass is 35.5. The molecule has 2 atom stereocenters. The Labute approximate surface area is 107 Å². The molecule has 0 aromatic heterocycles. The molecule has 0 saturated heterocycles. The molecule has 2 aliphatic rings. The molecule has 2 nitrogen and oxygen atoms in total. The Bertz CT molecular complexity index is 413. The van der Waals surface area contributed by atoms with Crippen molar-refractivity contribution < 1.29 is 9.84 Å². The first-order valence-electron chi connectivity index (χ1n) is 6.38. The van der Waals surface area contributed by atoms with Gasteiger partial charge in [-0.1, -0.05) is 24.4 Å². The van der Waals surface area contributed by atoms with Crippen LogP contribution in [0.4, 0.5) is 0 Å². The molecule has 0 spiro atoms. The molecule has 1 saturated carbocycles. The Balaban J connectivity index is 1.84. The molecule has 1 aliphatic heterocycles. The van der Waals surface area contributed by atoms with E-state index in [-0.39, 0.29) is 6.10 Å². The van der Waals surface area contributed by atoms with Crippen LogP contribution >= 0.6 is 11.6 Å². The molecule has 3 heteroatoms. The van der Waals surface area contributed by atoms with Crippen LogP contribution in [0.5, 0.6) is 5.75 Å². The van der Waals surface area contributed by atoms with Crippen LogP contribution in [0.25, 0.3) is 0 Å². The van der Waals surface area contributed by atoms with Crippen LogP contribution < -0.4 is 4.74 Å². The second-order valence-corrected chi connectivity index (χ2v) is 5.57. The Morgan fingerprint density at radius 2 is 2.00 bits per heavy atom. The van der Waals surface area contributed by atoms with Gasteiger partial charge in [-0.15, -0.1) is 0 Å². The van der Waals surface area contributed by atoms with Gasteiger partial charge >= 0.3 is 0 Å². The average Bonchev–Trinajstić information content (AvgIpc) is 2.83. The fraction of sp³-hybridized carbons (Fsp3) is 0.571. The van der Waals surface area contributed by atoms with Gasteiger partial charge in [0.25, 0.3) is 0 Å². The van der Waals surface area contributed by atoms with E-state index in [1.54, 1.807) is 0 Å². The van der Waals surface area contributed by atoms with Crippen molar-refractivity contribution in [3.63, 3.8) is 0 Å². The largest absolute Gasteiger partial charge is 0.490 e. The van der Waals surface area contributed by atoms with Crippen molar-refractivity contribution in [2.45, 2.75) is 44.3 Å². The van der Waals surface area contributed by atoms with Gasteiger partial charge in [0.15, 0.2) is 0 Å². The maximum Gasteiger partial charge on any atom is 0.125 e. The van der Waals surface area contributed by atoms with E-state index < -0.39 is 6.10 Å². The van der Waals surface area contributed by atoms with Crippen molar-refractivity contribution in [3.8, 4) is 5.75 Å². The number of ether oxygens (including phenoxy) is 1. The normalized spacial score (nSPS) is 28.8. The summed E-state index contributed by atoms with van der Waals surface area (Å²) in [5.41, 5.74) is 0.840. The molecule has 0 amide bonds. The number of hydrogen-bond donors (Lipinski definition) is 1. The highest BCUT2D eigenvalue weighted by Crippen LogP contribution is 2.41. The third-order valence-corrected chi connectivity index (χ3v) is 4.23. The van der Waals surface area contributed by atoms with Crippen LogP contribution in [0.3, 0.4) is 0 Å². The number of fused-ring (bicyclic) bond motifs is 1. The van der Waals surface area contributed by atoms with Gasteiger partial charge in [-0.2, -0.15) is 0 Å². The highest BCUT2D eigenvalue weighted by Gasteiger charge is 2.33. The van der Waals surface area contributed by atoms with Crippen molar-refractivity contribution in [2.24, 2.45) is 5.92 Å². The van der Waals surface area contributed by atoms with Gasteiger partial charge in [-0.3, -0.25) is 0 Å². The number of aliphatic hydroxyl groups is 1. The van der Waals surface area contributed by atoms with Gasteiger partial charge < -0.3 is 9.84 Å². The Kier molecular flexibility index (Phi) is 3.01. The van der Waals surface area contributed by atoms with Gasteiger partial charge in [0.05, 0.1) is 6.10 Å². The summed E-state index contributed by atoms with van der Waals surface area (Å²) in [5, 5.41) is 10.8. The maximum atomic E-state index is 10.2. The first kappa shape index (κ1) is 11.4. The van der Waals surface area contributed by atoms with E-state index in [1.807, 2.05) is 18.2 Å². The summed E-state index contributed by atoms with van der Waals surface area (Å²) < 4.78 is 6.02. The summed E-state index contributed by atoms with van der Waals surface area (Å²) in [6, 6.07) is 5.51. The van der Waals surface area contributed by atoms with E-state index in [1.165, 1.54) is 25.7 Å². The minimum Gasteiger partial charge on any atom is -0.490 e. The van der Waals surface area contributed by atoms with Crippen LogP contribution in [0, 0.1) is 5.92 Å². The lowest BCUT2D eigenvalue weighted by molar-refractivity contribution is 0.0356. The van der Waals surface area contributed by atoms with Crippen LogP contribution in [-0.4, -0.2) is 11.2 Å². The molecule has 0 bridgehead atoms. The Morgan fingerprint density at radius 1 is 1.24 bits per heavy atom. The molecule has 1 aromatic carbocycles. The minimum atomic E-state index is -0.428. The topological polar surface area (TPSA) is 29.5 Å². The quantitative estimate of drug-likeness (QED) is 0.826. The SMILES string of the molecule is OC1CC(C2CCCC2)Oc2ccc(Cl)cc21. The zero-order chi connectivity index (χ0) is 11.8. The second-order valence-electron chi connectivity index (χ2n) is 5.13. The van der Waals surface area contributed by atoms with Crippen molar-refractivity contribution in [1.29, 1.82) is 0 Å². The van der Waals surface area contributed by atoms with Gasteiger partial charge in [0.1, 0.15) is 11.9 Å². The van der Waals surface area contributed by atoms with Crippen LogP contribution in [-0.2, 0) is 0 Å². The third kappa shape index (κ3) is 2.16. The van der Waals surface area contributed by atoms with Gasteiger partial charge in [-0.05, 0) is 37.0 Å². The lowest BCUT2D eigenvalue weighted by Crippen LogP contribution is -2.31. The molecular formula is C14H17ClO2. The van der Waals surface area contributed by atoms with Crippen LogP contribution in [0.1, 0.15) is 43.8 Å². The number of benzene rings is 1. The second kappa shape index (κ2) is 4.51. The molecule has 2 unspecified atom stereocenters. The number of hydrogen-bond acceptors (Lipinski definition) is 2. The van der Waals surface area contributed by atoms with E-state index in [9.17, 15) is 5.11 Å². The smallest absolute Gasteiger partial charge is 0.125 e. The molecule has 92 valence electrons. The molecule has 1 aliphatic carbocycles. The lowest BCUT2D eigenvalue weighted by Gasteiger charge is -2.33. The molecule has 1 heterocycles. The van der Waals surface area contributed by atoms with Gasteiger partial charge in [-0.25, -0.2) is 0 Å². The predicted octanol–water partition coefficient (Wildman–Crippen LogP) is 3.71.